The molecule has 1 unspecified atom stereocenters. The molecule has 0 bridgehead atoms. The maximum Gasteiger partial charge on any atom is 0.376 e. The molecule has 3 aromatic rings. The Morgan fingerprint density at radius 1 is 1.36 bits per heavy atom. The first-order valence-electron chi connectivity index (χ1n) is 9.27. The molecule has 1 saturated heterocycles. The lowest BCUT2D eigenvalue weighted by atomic mass is 10.2. The predicted molar refractivity (Wildman–Crippen MR) is 102 cm³/mol. The molecule has 0 saturated carbocycles. The van der Waals surface area contributed by atoms with Crippen molar-refractivity contribution in [3.05, 3.63) is 57.0 Å². The first kappa shape index (κ1) is 18.1. The van der Waals surface area contributed by atoms with E-state index in [0.29, 0.717) is 18.1 Å². The van der Waals surface area contributed by atoms with Crippen LogP contribution in [0.3, 0.4) is 0 Å². The largest absolute Gasteiger partial charge is 0.376 e. The molecule has 1 aliphatic rings. The van der Waals surface area contributed by atoms with Gasteiger partial charge in [0.2, 0.25) is 5.82 Å². The zero-order valence-corrected chi connectivity index (χ0v) is 15.7. The molecule has 10 heteroatoms. The number of anilines is 1. The standard InChI is InChI=1S/C18H21N7O3/c1-12(2)10-22-11-19-21-16(22)13-6-5-9-23(13)17-15(25(27)28)18(26)24-8-4-3-7-14(24)20-17/h3-4,7-8,11-13H,5-6,9-10H2,1-2H3. The van der Waals surface area contributed by atoms with Gasteiger partial charge in [-0.2, -0.15) is 0 Å². The number of pyridine rings is 1. The van der Waals surface area contributed by atoms with Crippen molar-refractivity contribution in [2.45, 2.75) is 39.3 Å². The lowest BCUT2D eigenvalue weighted by molar-refractivity contribution is -0.385. The third-order valence-corrected chi connectivity index (χ3v) is 4.90. The average molecular weight is 383 g/mol. The second kappa shape index (κ2) is 7.02. The van der Waals surface area contributed by atoms with E-state index in [4.69, 9.17) is 0 Å². The zero-order valence-electron chi connectivity index (χ0n) is 15.7. The Morgan fingerprint density at radius 3 is 2.93 bits per heavy atom. The fourth-order valence-electron chi connectivity index (χ4n) is 3.77. The fourth-order valence-corrected chi connectivity index (χ4v) is 3.77. The number of nitro groups is 1. The normalized spacial score (nSPS) is 17.0. The third-order valence-electron chi connectivity index (χ3n) is 4.90. The summed E-state index contributed by atoms with van der Waals surface area (Å²) < 4.78 is 3.18. The number of fused-ring (bicyclic) bond motifs is 1. The highest BCUT2D eigenvalue weighted by Gasteiger charge is 2.37. The lowest BCUT2D eigenvalue weighted by Crippen LogP contribution is -2.30. The Balaban J connectivity index is 1.85. The van der Waals surface area contributed by atoms with E-state index in [1.165, 1.54) is 10.6 Å². The first-order chi connectivity index (χ1) is 13.5. The van der Waals surface area contributed by atoms with E-state index >= 15 is 0 Å². The van der Waals surface area contributed by atoms with Crippen LogP contribution in [0.4, 0.5) is 11.5 Å². The summed E-state index contributed by atoms with van der Waals surface area (Å²) in [6.45, 7) is 5.53. The summed E-state index contributed by atoms with van der Waals surface area (Å²) in [6, 6.07) is 4.85. The Bertz CT molecular complexity index is 1090. The monoisotopic (exact) mass is 383 g/mol. The summed E-state index contributed by atoms with van der Waals surface area (Å²) in [6.07, 6.45) is 4.76. The van der Waals surface area contributed by atoms with Crippen molar-refractivity contribution in [3.8, 4) is 0 Å². The fraction of sp³-hybridized carbons (Fsp3) is 0.444. The van der Waals surface area contributed by atoms with Crippen LogP contribution in [0.2, 0.25) is 0 Å². The Hall–Kier alpha value is -3.30. The van der Waals surface area contributed by atoms with Gasteiger partial charge in [0, 0.05) is 19.3 Å². The minimum Gasteiger partial charge on any atom is -0.340 e. The predicted octanol–water partition coefficient (Wildman–Crippen LogP) is 2.19. The van der Waals surface area contributed by atoms with E-state index < -0.39 is 16.2 Å². The van der Waals surface area contributed by atoms with Crippen molar-refractivity contribution in [1.82, 2.24) is 24.1 Å². The number of rotatable bonds is 5. The molecule has 0 amide bonds. The van der Waals surface area contributed by atoms with Crippen LogP contribution in [-0.4, -0.2) is 35.6 Å². The van der Waals surface area contributed by atoms with Crippen LogP contribution in [0.1, 0.15) is 38.6 Å². The van der Waals surface area contributed by atoms with Gasteiger partial charge >= 0.3 is 11.2 Å². The molecule has 4 heterocycles. The molecule has 10 nitrogen and oxygen atoms in total. The van der Waals surface area contributed by atoms with Crippen LogP contribution in [0, 0.1) is 16.0 Å². The molecule has 1 atom stereocenters. The van der Waals surface area contributed by atoms with Gasteiger partial charge in [-0.1, -0.05) is 19.9 Å². The summed E-state index contributed by atoms with van der Waals surface area (Å²) in [7, 11) is 0. The highest BCUT2D eigenvalue weighted by Crippen LogP contribution is 2.37. The molecule has 0 N–H and O–H groups in total. The van der Waals surface area contributed by atoms with Crippen molar-refractivity contribution in [3.63, 3.8) is 0 Å². The Labute approximate surface area is 160 Å². The lowest BCUT2D eigenvalue weighted by Gasteiger charge is -2.25. The minimum absolute atomic E-state index is 0.0998. The van der Waals surface area contributed by atoms with Crippen molar-refractivity contribution >= 4 is 17.2 Å². The van der Waals surface area contributed by atoms with Crippen molar-refractivity contribution in [2.75, 3.05) is 11.4 Å². The molecule has 0 spiro atoms. The van der Waals surface area contributed by atoms with Gasteiger partial charge < -0.3 is 9.47 Å². The quantitative estimate of drug-likeness (QED) is 0.490. The topological polar surface area (TPSA) is 111 Å². The Morgan fingerprint density at radius 2 is 2.18 bits per heavy atom. The number of aromatic nitrogens is 5. The van der Waals surface area contributed by atoms with Gasteiger partial charge in [-0.25, -0.2) is 4.98 Å². The number of hydrogen-bond donors (Lipinski definition) is 0. The summed E-state index contributed by atoms with van der Waals surface area (Å²) in [5.41, 5.74) is -0.812. The van der Waals surface area contributed by atoms with Crippen LogP contribution >= 0.6 is 0 Å². The second-order valence-electron chi connectivity index (χ2n) is 7.36. The first-order valence-corrected chi connectivity index (χ1v) is 9.27. The summed E-state index contributed by atoms with van der Waals surface area (Å²) in [4.78, 5) is 30.2. The van der Waals surface area contributed by atoms with Crippen LogP contribution in [0.25, 0.3) is 5.65 Å². The van der Waals surface area contributed by atoms with Gasteiger partial charge in [0.1, 0.15) is 12.0 Å². The number of hydrogen-bond acceptors (Lipinski definition) is 7. The van der Waals surface area contributed by atoms with Gasteiger partial charge in [-0.15, -0.1) is 10.2 Å². The van der Waals surface area contributed by atoms with Gasteiger partial charge in [0.05, 0.1) is 11.0 Å². The van der Waals surface area contributed by atoms with E-state index in [2.05, 4.69) is 29.0 Å². The highest BCUT2D eigenvalue weighted by atomic mass is 16.6. The van der Waals surface area contributed by atoms with Gasteiger partial charge in [0.15, 0.2) is 5.82 Å². The van der Waals surface area contributed by atoms with Crippen molar-refractivity contribution in [2.24, 2.45) is 5.92 Å². The van der Waals surface area contributed by atoms with Gasteiger partial charge in [-0.3, -0.25) is 19.3 Å². The van der Waals surface area contributed by atoms with E-state index in [-0.39, 0.29) is 11.9 Å². The van der Waals surface area contributed by atoms with Gasteiger partial charge in [-0.05, 0) is 30.9 Å². The van der Waals surface area contributed by atoms with E-state index in [1.807, 2.05) is 9.47 Å². The summed E-state index contributed by atoms with van der Waals surface area (Å²) >= 11 is 0. The maximum atomic E-state index is 12.8. The van der Waals surface area contributed by atoms with Crippen molar-refractivity contribution < 1.29 is 4.92 Å². The molecule has 28 heavy (non-hydrogen) atoms. The summed E-state index contributed by atoms with van der Waals surface area (Å²) in [5, 5.41) is 20.1. The van der Waals surface area contributed by atoms with E-state index in [9.17, 15) is 14.9 Å². The smallest absolute Gasteiger partial charge is 0.340 e. The average Bonchev–Trinajstić information content (AvgIpc) is 3.29. The molecule has 1 aliphatic heterocycles. The highest BCUT2D eigenvalue weighted by molar-refractivity contribution is 5.62. The third kappa shape index (κ3) is 3.00. The minimum atomic E-state index is -0.681. The SMILES string of the molecule is CC(C)Cn1cnnc1C1CCCN1c1nc2ccccn2c(=O)c1[N+](=O)[O-]. The van der Waals surface area contributed by atoms with E-state index in [0.717, 1.165) is 25.2 Å². The molecule has 1 fully saturated rings. The van der Waals surface area contributed by atoms with Crippen LogP contribution in [0.15, 0.2) is 35.5 Å². The maximum absolute atomic E-state index is 12.8. The van der Waals surface area contributed by atoms with E-state index in [1.54, 1.807) is 24.5 Å². The summed E-state index contributed by atoms with van der Waals surface area (Å²) in [5.74, 6) is 1.25. The number of nitrogens with zero attached hydrogens (tertiary/aromatic N) is 7. The van der Waals surface area contributed by atoms with Gasteiger partial charge in [0.25, 0.3) is 0 Å². The Kier molecular flexibility index (Phi) is 4.54. The molecule has 0 aromatic carbocycles. The molecule has 0 radical (unpaired) electrons. The van der Waals surface area contributed by atoms with Crippen LogP contribution < -0.4 is 10.5 Å². The molecule has 146 valence electrons. The molecule has 4 rings (SSSR count). The molecule has 0 aliphatic carbocycles. The zero-order chi connectivity index (χ0) is 19.8. The van der Waals surface area contributed by atoms with Crippen molar-refractivity contribution in [1.29, 1.82) is 0 Å². The second-order valence-corrected chi connectivity index (χ2v) is 7.36. The molecular weight excluding hydrogens is 362 g/mol. The van der Waals surface area contributed by atoms with Crippen LogP contribution in [-0.2, 0) is 6.54 Å². The molecular formula is C18H21N7O3. The molecule has 3 aromatic heterocycles. The van der Waals surface area contributed by atoms with Crippen LogP contribution in [0.5, 0.6) is 0 Å².